The van der Waals surface area contributed by atoms with Gasteiger partial charge in [-0.25, -0.2) is 9.00 Å². The minimum atomic E-state index is -2.20. The summed E-state index contributed by atoms with van der Waals surface area (Å²) < 4.78 is 25.9. The van der Waals surface area contributed by atoms with Crippen molar-refractivity contribution < 1.29 is 37.7 Å². The third-order valence-corrected chi connectivity index (χ3v) is 11.1. The van der Waals surface area contributed by atoms with E-state index in [1.807, 2.05) is 72.8 Å². The Balaban J connectivity index is 1.17. The van der Waals surface area contributed by atoms with Gasteiger partial charge < -0.3 is 20.3 Å². The SMILES string of the molecule is CC1=C(C(=O)OC(c2ccccc2)c2ccccc2)N2C(=O)C(NC(=O)C(C(=O)OC(c3ccccc3)c3ccccc3)c3ccccc3)[C@@H]2[S@@](=O)C1=[N+]=[N-]. The summed E-state index contributed by atoms with van der Waals surface area (Å²) >= 11 is 0. The highest BCUT2D eigenvalue weighted by molar-refractivity contribution is 8.01. The van der Waals surface area contributed by atoms with Crippen LogP contribution in [0, 0.1) is 0 Å². The van der Waals surface area contributed by atoms with Gasteiger partial charge in [-0.05, 0) is 34.7 Å². The fourth-order valence-electron chi connectivity index (χ4n) is 6.76. The molecule has 2 unspecified atom stereocenters. The number of β-lactam (4-membered cyclic amide) rings is 1. The average molecular weight is 751 g/mol. The van der Waals surface area contributed by atoms with E-state index in [-0.39, 0.29) is 16.3 Å². The lowest BCUT2D eigenvalue weighted by molar-refractivity contribution is -0.156. The highest BCUT2D eigenvalue weighted by atomic mass is 32.2. The van der Waals surface area contributed by atoms with Gasteiger partial charge in [0.15, 0.2) is 34.3 Å². The Morgan fingerprint density at radius 3 is 1.49 bits per heavy atom. The minimum absolute atomic E-state index is 0.0290. The Morgan fingerprint density at radius 2 is 1.07 bits per heavy atom. The Hall–Kier alpha value is -6.75. The summed E-state index contributed by atoms with van der Waals surface area (Å²) in [5.74, 6) is -5.02. The van der Waals surface area contributed by atoms with E-state index in [2.05, 4.69) is 10.1 Å². The fourth-order valence-corrected chi connectivity index (χ4v) is 8.30. The van der Waals surface area contributed by atoms with Crippen molar-refractivity contribution in [3.05, 3.63) is 196 Å². The van der Waals surface area contributed by atoms with E-state index in [1.54, 1.807) is 78.9 Å². The Labute approximate surface area is 319 Å². The van der Waals surface area contributed by atoms with Crippen LogP contribution in [-0.4, -0.2) is 54.1 Å². The van der Waals surface area contributed by atoms with E-state index in [1.165, 1.54) is 6.92 Å². The first-order valence-electron chi connectivity index (χ1n) is 17.4. The van der Waals surface area contributed by atoms with Crippen LogP contribution in [0.15, 0.2) is 163 Å². The number of ether oxygens (including phenoxy) is 2. The second-order valence-electron chi connectivity index (χ2n) is 12.8. The van der Waals surface area contributed by atoms with Gasteiger partial charge in [0, 0.05) is 0 Å². The molecule has 2 amide bonds. The van der Waals surface area contributed by atoms with Crippen molar-refractivity contribution in [2.75, 3.05) is 0 Å². The molecule has 2 aliphatic rings. The van der Waals surface area contributed by atoms with Crippen LogP contribution in [0.2, 0.25) is 0 Å². The molecule has 11 nitrogen and oxygen atoms in total. The smallest absolute Gasteiger partial charge is 0.386 e. The molecule has 2 heterocycles. The number of carbonyl (C=O) groups is 4. The van der Waals surface area contributed by atoms with Gasteiger partial charge in [-0.1, -0.05) is 152 Å². The highest BCUT2D eigenvalue weighted by Crippen LogP contribution is 2.38. The molecule has 7 rings (SSSR count). The summed E-state index contributed by atoms with van der Waals surface area (Å²) in [5.41, 5.74) is 12.6. The molecule has 5 aromatic rings. The number of amides is 2. The van der Waals surface area contributed by atoms with Crippen molar-refractivity contribution in [1.29, 1.82) is 0 Å². The molecule has 0 aromatic heterocycles. The predicted molar refractivity (Wildman–Crippen MR) is 203 cm³/mol. The van der Waals surface area contributed by atoms with E-state index < -0.39 is 64.1 Å². The van der Waals surface area contributed by atoms with Gasteiger partial charge in [0.2, 0.25) is 5.91 Å². The zero-order valence-corrected chi connectivity index (χ0v) is 30.2. The van der Waals surface area contributed by atoms with E-state index in [4.69, 9.17) is 9.47 Å². The molecule has 2 aliphatic heterocycles. The van der Waals surface area contributed by atoms with E-state index in [9.17, 15) is 28.9 Å². The first kappa shape index (κ1) is 36.6. The van der Waals surface area contributed by atoms with Crippen LogP contribution >= 0.6 is 0 Å². The number of esters is 2. The Kier molecular flexibility index (Phi) is 10.7. The molecule has 55 heavy (non-hydrogen) atoms. The summed E-state index contributed by atoms with van der Waals surface area (Å²) in [6, 6.07) is 42.9. The fraction of sp³-hybridized carbons (Fsp3) is 0.140. The van der Waals surface area contributed by atoms with E-state index >= 15 is 0 Å². The van der Waals surface area contributed by atoms with E-state index in [0.717, 1.165) is 4.90 Å². The Morgan fingerprint density at radius 1 is 0.673 bits per heavy atom. The molecular formula is C43H34N4O7S. The van der Waals surface area contributed by atoms with Crippen LogP contribution in [0.5, 0.6) is 0 Å². The number of nitrogens with zero attached hydrogens (tertiary/aromatic N) is 3. The average Bonchev–Trinajstić information content (AvgIpc) is 3.23. The number of hydrogen-bond acceptors (Lipinski definition) is 7. The molecule has 0 spiro atoms. The molecule has 0 radical (unpaired) electrons. The molecule has 0 aliphatic carbocycles. The minimum Gasteiger partial charge on any atom is -0.452 e. The maximum atomic E-state index is 14.2. The molecule has 0 bridgehead atoms. The third-order valence-electron chi connectivity index (χ3n) is 9.45. The van der Waals surface area contributed by atoms with Crippen LogP contribution in [0.25, 0.3) is 5.53 Å². The lowest BCUT2D eigenvalue weighted by Crippen LogP contribution is -2.74. The second kappa shape index (κ2) is 16.1. The first-order valence-corrected chi connectivity index (χ1v) is 18.6. The third kappa shape index (κ3) is 7.28. The number of carbonyl (C=O) groups excluding carboxylic acids is 4. The van der Waals surface area contributed by atoms with Gasteiger partial charge in [-0.15, -0.1) is 0 Å². The van der Waals surface area contributed by atoms with Gasteiger partial charge in [-0.3, -0.25) is 19.3 Å². The summed E-state index contributed by atoms with van der Waals surface area (Å²) in [6.45, 7) is 1.40. The van der Waals surface area contributed by atoms with Crippen molar-refractivity contribution in [2.24, 2.45) is 0 Å². The van der Waals surface area contributed by atoms with Gasteiger partial charge >= 0.3 is 17.0 Å². The van der Waals surface area contributed by atoms with Crippen molar-refractivity contribution in [3.8, 4) is 0 Å². The number of hydrogen-bond donors (Lipinski definition) is 1. The monoisotopic (exact) mass is 750 g/mol. The number of fused-ring (bicyclic) bond motifs is 1. The molecular weight excluding hydrogens is 717 g/mol. The summed E-state index contributed by atoms with van der Waals surface area (Å²) in [7, 11) is -2.20. The lowest BCUT2D eigenvalue weighted by atomic mass is 9.95. The van der Waals surface area contributed by atoms with Gasteiger partial charge in [0.25, 0.3) is 5.91 Å². The van der Waals surface area contributed by atoms with Crippen LogP contribution in [0.3, 0.4) is 0 Å². The molecule has 12 heteroatoms. The van der Waals surface area contributed by atoms with Crippen molar-refractivity contribution in [2.45, 2.75) is 36.5 Å². The van der Waals surface area contributed by atoms with Gasteiger partial charge in [0.1, 0.15) is 11.7 Å². The maximum absolute atomic E-state index is 14.2. The molecule has 274 valence electrons. The maximum Gasteiger partial charge on any atom is 0.386 e. The van der Waals surface area contributed by atoms with Crippen LogP contribution < -0.4 is 5.32 Å². The van der Waals surface area contributed by atoms with Crippen molar-refractivity contribution in [1.82, 2.24) is 10.2 Å². The zero-order chi connectivity index (χ0) is 38.5. The van der Waals surface area contributed by atoms with Crippen LogP contribution in [-0.2, 0) is 39.5 Å². The highest BCUT2D eigenvalue weighted by Gasteiger charge is 2.61. The first-order chi connectivity index (χ1) is 26.8. The largest absolute Gasteiger partial charge is 0.452 e. The molecule has 1 N–H and O–H groups in total. The molecule has 1 saturated heterocycles. The number of benzene rings is 5. The topological polar surface area (TPSA) is 155 Å². The normalized spacial score (nSPS) is 18.2. The standard InChI is InChI=1S/C43H34N4O7S/c1-27-35(43(51)54-37(31-23-13-5-14-24-31)32-25-15-6-16-26-32)47-40(49)34(41(47)55(52)39(27)46-44)45-38(48)33(28-17-7-2-8-18-28)42(50)53-36(29-19-9-3-10-20-29)30-21-11-4-12-22-30/h2-26,33-34,36-37,41H,1H3,(H,45,48)/t33?,34?,41-,55-/m0/s1. The summed E-state index contributed by atoms with van der Waals surface area (Å²) in [5, 5.41) is 0.894. The predicted octanol–water partition coefficient (Wildman–Crippen LogP) is 5.75. The van der Waals surface area contributed by atoms with Gasteiger partial charge in [-0.2, -0.15) is 4.79 Å². The number of rotatable bonds is 11. The van der Waals surface area contributed by atoms with Crippen molar-refractivity contribution >= 4 is 39.6 Å². The Bertz CT molecular complexity index is 2260. The molecule has 4 atom stereocenters. The summed E-state index contributed by atoms with van der Waals surface area (Å²) in [6.07, 6.45) is -1.74. The van der Waals surface area contributed by atoms with Crippen LogP contribution in [0.4, 0.5) is 0 Å². The number of nitrogens with one attached hydrogen (secondary N) is 1. The quantitative estimate of drug-likeness (QED) is 0.0593. The van der Waals surface area contributed by atoms with Crippen molar-refractivity contribution in [3.63, 3.8) is 0 Å². The molecule has 5 aromatic carbocycles. The lowest BCUT2D eigenvalue weighted by Gasteiger charge is -2.47. The zero-order valence-electron chi connectivity index (χ0n) is 29.4. The molecule has 0 saturated carbocycles. The summed E-state index contributed by atoms with van der Waals surface area (Å²) in [4.78, 5) is 60.5. The second-order valence-corrected chi connectivity index (χ2v) is 14.3. The van der Waals surface area contributed by atoms with Crippen LogP contribution in [0.1, 0.15) is 52.9 Å². The van der Waals surface area contributed by atoms with Gasteiger partial charge in [0.05, 0.1) is 5.57 Å². The van der Waals surface area contributed by atoms with E-state index in [0.29, 0.717) is 27.8 Å². The molecule has 1 fully saturated rings.